The molecule has 0 aliphatic carbocycles. The Balaban J connectivity index is 1.65. The van der Waals surface area contributed by atoms with Crippen LogP contribution < -0.4 is 10.2 Å². The van der Waals surface area contributed by atoms with Crippen LogP contribution in [-0.2, 0) is 9.53 Å². The van der Waals surface area contributed by atoms with Gasteiger partial charge < -0.3 is 19.9 Å². The van der Waals surface area contributed by atoms with Gasteiger partial charge in [0, 0.05) is 30.7 Å². The molecular formula is C15H15BrN6O3. The number of carbonyl (C=O) groups excluding carboxylic acids is 2. The molecule has 1 saturated heterocycles. The number of likely N-dealkylation sites (tertiary alicyclic amines) is 1. The fraction of sp³-hybridized carbons (Fsp3) is 0.400. The number of anilines is 1. The largest absolute Gasteiger partial charge is 0.444 e. The maximum Gasteiger partial charge on any atom is 0.407 e. The lowest BCUT2D eigenvalue weighted by molar-refractivity contribution is -0.115. The van der Waals surface area contributed by atoms with Crippen molar-refractivity contribution >= 4 is 51.1 Å². The molecule has 4 rings (SSSR count). The van der Waals surface area contributed by atoms with E-state index < -0.39 is 6.09 Å². The molecule has 1 aromatic rings. The molecule has 0 spiro atoms. The monoisotopic (exact) mass is 406 g/mol. The minimum absolute atomic E-state index is 0.172. The summed E-state index contributed by atoms with van der Waals surface area (Å²) in [4.78, 5) is 40.2. The molecule has 2 amide bonds. The van der Waals surface area contributed by atoms with Gasteiger partial charge in [0.25, 0.3) is 5.91 Å². The normalized spacial score (nSPS) is 21.5. The third-order valence-electron chi connectivity index (χ3n) is 4.22. The molecule has 3 aliphatic heterocycles. The van der Waals surface area contributed by atoms with Crippen molar-refractivity contribution in [3.63, 3.8) is 0 Å². The second-order valence-corrected chi connectivity index (χ2v) is 6.77. The summed E-state index contributed by atoms with van der Waals surface area (Å²) in [6.07, 6.45) is 1.67. The number of nitrogens with one attached hydrogen (secondary N) is 1. The molecule has 0 saturated carbocycles. The number of halogens is 1. The van der Waals surface area contributed by atoms with E-state index in [1.807, 2.05) is 15.9 Å². The molecule has 0 radical (unpaired) electrons. The number of nitrogens with zero attached hydrogens (tertiary/aromatic N) is 5. The predicted octanol–water partition coefficient (Wildman–Crippen LogP) is 1.06. The van der Waals surface area contributed by atoms with Gasteiger partial charge in [0.2, 0.25) is 0 Å². The van der Waals surface area contributed by atoms with Gasteiger partial charge in [-0.2, -0.15) is 4.99 Å². The summed E-state index contributed by atoms with van der Waals surface area (Å²) < 4.78 is 6.12. The minimum atomic E-state index is -0.454. The zero-order valence-corrected chi connectivity index (χ0v) is 15.0. The van der Waals surface area contributed by atoms with Crippen molar-refractivity contribution in [3.05, 3.63) is 16.7 Å². The van der Waals surface area contributed by atoms with Gasteiger partial charge in [-0.3, -0.25) is 4.79 Å². The highest BCUT2D eigenvalue weighted by molar-refractivity contribution is 9.10. The van der Waals surface area contributed by atoms with Crippen molar-refractivity contribution in [2.45, 2.75) is 12.5 Å². The quantitative estimate of drug-likeness (QED) is 0.748. The van der Waals surface area contributed by atoms with E-state index >= 15 is 0 Å². The van der Waals surface area contributed by atoms with Gasteiger partial charge in [0.15, 0.2) is 17.5 Å². The Bertz CT molecular complexity index is 823. The first-order chi connectivity index (χ1) is 12.0. The number of fused-ring (bicyclic) bond motifs is 3. The molecular weight excluding hydrogens is 392 g/mol. The standard InChI is InChI=1S/C15H15BrN6O3/c1-17-15(24)25-9-2-3-21(6-9)13-14-19-11(23)7-22(14)10-4-8(16)5-18-12(10)20-13/h4-5,9H,2-3,6-7H2,1H3,(H,17,24)/t9-/m0/s1. The van der Waals surface area contributed by atoms with E-state index in [9.17, 15) is 9.59 Å². The van der Waals surface area contributed by atoms with Gasteiger partial charge in [-0.1, -0.05) is 0 Å². The smallest absolute Gasteiger partial charge is 0.407 e. The molecule has 1 fully saturated rings. The van der Waals surface area contributed by atoms with Gasteiger partial charge in [-0.15, -0.1) is 0 Å². The Morgan fingerprint density at radius 3 is 3.04 bits per heavy atom. The molecule has 25 heavy (non-hydrogen) atoms. The van der Waals surface area contributed by atoms with Crippen LogP contribution in [0.25, 0.3) is 0 Å². The van der Waals surface area contributed by atoms with E-state index in [-0.39, 0.29) is 18.6 Å². The Morgan fingerprint density at radius 2 is 2.24 bits per heavy atom. The highest BCUT2D eigenvalue weighted by Crippen LogP contribution is 2.35. The zero-order chi connectivity index (χ0) is 17.6. The van der Waals surface area contributed by atoms with Gasteiger partial charge in [0.1, 0.15) is 12.6 Å². The highest BCUT2D eigenvalue weighted by Gasteiger charge is 2.39. The molecule has 130 valence electrons. The van der Waals surface area contributed by atoms with E-state index in [0.717, 1.165) is 10.2 Å². The van der Waals surface area contributed by atoms with Gasteiger partial charge in [-0.05, 0) is 22.0 Å². The summed E-state index contributed by atoms with van der Waals surface area (Å²) in [5.74, 6) is 1.45. The Hall–Kier alpha value is -2.49. The third kappa shape index (κ3) is 2.86. The average Bonchev–Trinajstić information content (AvgIpc) is 3.20. The van der Waals surface area contributed by atoms with Crippen LogP contribution in [0, 0.1) is 0 Å². The van der Waals surface area contributed by atoms with E-state index in [4.69, 9.17) is 4.74 Å². The van der Waals surface area contributed by atoms with Crippen molar-refractivity contribution in [2.24, 2.45) is 9.98 Å². The van der Waals surface area contributed by atoms with Crippen LogP contribution in [0.2, 0.25) is 0 Å². The number of aliphatic imine (C=N–C) groups is 2. The summed E-state index contributed by atoms with van der Waals surface area (Å²) in [6.45, 7) is 1.33. The van der Waals surface area contributed by atoms with Crippen LogP contribution in [-0.4, -0.2) is 66.3 Å². The fourth-order valence-electron chi connectivity index (χ4n) is 3.09. The number of hydrogen-bond donors (Lipinski definition) is 1. The van der Waals surface area contributed by atoms with Crippen molar-refractivity contribution in [1.29, 1.82) is 0 Å². The van der Waals surface area contributed by atoms with Gasteiger partial charge in [-0.25, -0.2) is 14.8 Å². The lowest BCUT2D eigenvalue weighted by Crippen LogP contribution is -2.45. The van der Waals surface area contributed by atoms with E-state index in [0.29, 0.717) is 37.0 Å². The lowest BCUT2D eigenvalue weighted by atomic mass is 10.2. The molecule has 4 heterocycles. The van der Waals surface area contributed by atoms with Crippen LogP contribution >= 0.6 is 15.9 Å². The summed E-state index contributed by atoms with van der Waals surface area (Å²) in [7, 11) is 1.53. The number of alkyl carbamates (subject to hydrolysis) is 1. The van der Waals surface area contributed by atoms with Crippen molar-refractivity contribution in [1.82, 2.24) is 15.2 Å². The number of ether oxygens (including phenoxy) is 1. The van der Waals surface area contributed by atoms with Crippen molar-refractivity contribution < 1.29 is 14.3 Å². The topological polar surface area (TPSA) is 99.5 Å². The highest BCUT2D eigenvalue weighted by atomic mass is 79.9. The summed E-state index contributed by atoms with van der Waals surface area (Å²) >= 11 is 3.39. The van der Waals surface area contributed by atoms with E-state index in [1.165, 1.54) is 7.05 Å². The SMILES string of the molecule is CNC(=O)O[C@H]1CCN(C2=Nc3ncc(Br)cc3N3CC(=O)N=C23)C1. The molecule has 3 aliphatic rings. The van der Waals surface area contributed by atoms with Crippen LogP contribution in [0.15, 0.2) is 26.7 Å². The molecule has 0 aromatic carbocycles. The number of rotatable bonds is 1. The number of hydrogen-bond acceptors (Lipinski definition) is 7. The molecule has 9 nitrogen and oxygen atoms in total. The van der Waals surface area contributed by atoms with Crippen LogP contribution in [0.5, 0.6) is 0 Å². The first-order valence-corrected chi connectivity index (χ1v) is 8.61. The first kappa shape index (κ1) is 16.0. The maximum atomic E-state index is 11.9. The van der Waals surface area contributed by atoms with Crippen LogP contribution in [0.4, 0.5) is 16.3 Å². The van der Waals surface area contributed by atoms with E-state index in [1.54, 1.807) is 6.20 Å². The summed E-state index contributed by atoms with van der Waals surface area (Å²) in [5.41, 5.74) is 0.750. The fourth-order valence-corrected chi connectivity index (χ4v) is 3.41. The Labute approximate surface area is 151 Å². The second kappa shape index (κ2) is 6.10. The van der Waals surface area contributed by atoms with Crippen LogP contribution in [0.3, 0.4) is 0 Å². The average molecular weight is 407 g/mol. The summed E-state index contributed by atoms with van der Waals surface area (Å²) in [6, 6.07) is 1.87. The van der Waals surface area contributed by atoms with Crippen LogP contribution in [0.1, 0.15) is 6.42 Å². The Morgan fingerprint density at radius 1 is 1.40 bits per heavy atom. The first-order valence-electron chi connectivity index (χ1n) is 7.82. The second-order valence-electron chi connectivity index (χ2n) is 5.86. The Kier molecular flexibility index (Phi) is 3.91. The van der Waals surface area contributed by atoms with Gasteiger partial charge in [0.05, 0.1) is 12.2 Å². The number of amidine groups is 2. The number of amides is 2. The van der Waals surface area contributed by atoms with E-state index in [2.05, 4.69) is 36.2 Å². The molecule has 1 atom stereocenters. The number of aromatic nitrogens is 1. The maximum absolute atomic E-state index is 11.9. The summed E-state index contributed by atoms with van der Waals surface area (Å²) in [5, 5.41) is 2.45. The van der Waals surface area contributed by atoms with Crippen molar-refractivity contribution in [3.8, 4) is 0 Å². The minimum Gasteiger partial charge on any atom is -0.444 e. The molecule has 1 N–H and O–H groups in total. The zero-order valence-electron chi connectivity index (χ0n) is 13.4. The molecule has 0 unspecified atom stereocenters. The number of pyridine rings is 1. The molecule has 1 aromatic heterocycles. The molecule has 0 bridgehead atoms. The third-order valence-corrected chi connectivity index (χ3v) is 4.65. The number of carbonyl (C=O) groups is 2. The van der Waals surface area contributed by atoms with Gasteiger partial charge >= 0.3 is 6.09 Å². The lowest BCUT2D eigenvalue weighted by Gasteiger charge is -2.30. The van der Waals surface area contributed by atoms with Crippen molar-refractivity contribution in [2.75, 3.05) is 31.6 Å². The predicted molar refractivity (Wildman–Crippen MR) is 94.3 cm³/mol. The molecule has 10 heteroatoms.